The Morgan fingerprint density at radius 2 is 2.10 bits per heavy atom. The molecule has 2 aromatic heterocycles. The van der Waals surface area contributed by atoms with Gasteiger partial charge in [0.2, 0.25) is 0 Å². The molecule has 0 aliphatic carbocycles. The molecule has 0 amide bonds. The van der Waals surface area contributed by atoms with Gasteiger partial charge in [0.1, 0.15) is 9.09 Å². The summed E-state index contributed by atoms with van der Waals surface area (Å²) in [5.41, 5.74) is 0.810. The van der Waals surface area contributed by atoms with E-state index in [0.717, 1.165) is 5.69 Å². The Balaban J connectivity index is 2.23. The average Bonchev–Trinajstić information content (AvgIpc) is 2.95. The van der Waals surface area contributed by atoms with Gasteiger partial charge in [-0.3, -0.25) is 4.72 Å². The maximum absolute atomic E-state index is 12.1. The van der Waals surface area contributed by atoms with E-state index in [-0.39, 0.29) is 20.1 Å². The predicted octanol–water partition coefficient (Wildman–Crippen LogP) is 2.83. The van der Waals surface area contributed by atoms with Crippen molar-refractivity contribution in [3.63, 3.8) is 0 Å². The maximum Gasteiger partial charge on any atom is 0.345 e. The van der Waals surface area contributed by atoms with Crippen LogP contribution in [0.2, 0.25) is 0 Å². The van der Waals surface area contributed by atoms with E-state index in [2.05, 4.69) is 9.71 Å². The van der Waals surface area contributed by atoms with Gasteiger partial charge in [-0.05, 0) is 18.1 Å². The Kier molecular flexibility index (Phi) is 4.11. The first-order chi connectivity index (χ1) is 9.29. The first-order valence-corrected chi connectivity index (χ1v) is 8.79. The van der Waals surface area contributed by atoms with E-state index < -0.39 is 16.0 Å². The number of hydrogen-bond donors (Lipinski definition) is 2. The fourth-order valence-corrected chi connectivity index (χ4v) is 4.61. The Labute approximate surface area is 124 Å². The van der Waals surface area contributed by atoms with Gasteiger partial charge in [0, 0.05) is 5.38 Å². The Morgan fingerprint density at radius 3 is 2.60 bits per heavy atom. The summed E-state index contributed by atoms with van der Waals surface area (Å²) in [5.74, 6) is -0.933. The van der Waals surface area contributed by atoms with Gasteiger partial charge < -0.3 is 5.11 Å². The number of carboxylic acids is 1. The van der Waals surface area contributed by atoms with Gasteiger partial charge in [-0.25, -0.2) is 18.2 Å². The SMILES string of the molecule is CC(C)c1csc(NS(=O)(=O)c2ccc(C(=O)O)s2)n1. The zero-order valence-corrected chi connectivity index (χ0v) is 13.1. The molecule has 2 rings (SSSR count). The Bertz CT molecular complexity index is 730. The Morgan fingerprint density at radius 1 is 1.40 bits per heavy atom. The molecule has 0 unspecified atom stereocenters. The number of nitrogens with one attached hydrogen (secondary N) is 1. The van der Waals surface area contributed by atoms with Crippen LogP contribution in [0.5, 0.6) is 0 Å². The van der Waals surface area contributed by atoms with Crippen molar-refractivity contribution in [2.24, 2.45) is 0 Å². The second-order valence-corrected chi connectivity index (χ2v) is 8.11. The van der Waals surface area contributed by atoms with Crippen LogP contribution in [0, 0.1) is 0 Å². The lowest BCUT2D eigenvalue weighted by molar-refractivity contribution is 0.0702. The van der Waals surface area contributed by atoms with Crippen LogP contribution in [-0.2, 0) is 10.0 Å². The number of rotatable bonds is 5. The summed E-state index contributed by atoms with van der Waals surface area (Å²) in [5, 5.41) is 10.9. The number of aromatic carboxylic acids is 1. The lowest BCUT2D eigenvalue weighted by Crippen LogP contribution is -2.11. The number of hydrogen-bond acceptors (Lipinski definition) is 6. The molecule has 0 bridgehead atoms. The molecular weight excluding hydrogens is 320 g/mol. The molecule has 108 valence electrons. The van der Waals surface area contributed by atoms with E-state index in [4.69, 9.17) is 5.11 Å². The quantitative estimate of drug-likeness (QED) is 0.877. The van der Waals surface area contributed by atoms with Gasteiger partial charge in [0.25, 0.3) is 10.0 Å². The van der Waals surface area contributed by atoms with Crippen LogP contribution in [-0.4, -0.2) is 24.5 Å². The smallest absolute Gasteiger partial charge is 0.345 e. The van der Waals surface area contributed by atoms with Crippen molar-refractivity contribution in [3.05, 3.63) is 28.1 Å². The van der Waals surface area contributed by atoms with Crippen molar-refractivity contribution in [3.8, 4) is 0 Å². The molecule has 0 aliphatic rings. The maximum atomic E-state index is 12.1. The third-order valence-corrected chi connectivity index (χ3v) is 6.20. The van der Waals surface area contributed by atoms with Crippen LogP contribution < -0.4 is 4.72 Å². The monoisotopic (exact) mass is 332 g/mol. The van der Waals surface area contributed by atoms with Crippen molar-refractivity contribution >= 4 is 43.8 Å². The lowest BCUT2D eigenvalue weighted by Gasteiger charge is -2.02. The highest BCUT2D eigenvalue weighted by Gasteiger charge is 2.20. The number of thiazole rings is 1. The van der Waals surface area contributed by atoms with Crippen LogP contribution in [0.25, 0.3) is 0 Å². The minimum Gasteiger partial charge on any atom is -0.477 e. The third-order valence-electron chi connectivity index (χ3n) is 2.39. The third kappa shape index (κ3) is 3.17. The lowest BCUT2D eigenvalue weighted by atomic mass is 10.2. The molecule has 0 radical (unpaired) electrons. The second kappa shape index (κ2) is 5.51. The summed E-state index contributed by atoms with van der Waals surface area (Å²) in [4.78, 5) is 14.9. The minimum atomic E-state index is -3.79. The molecule has 0 saturated carbocycles. The standard InChI is InChI=1S/C11H12N2O4S3/c1-6(2)7-5-18-11(12-7)13-20(16,17)9-4-3-8(19-9)10(14)15/h3-6H,1-2H3,(H,12,13)(H,14,15). The summed E-state index contributed by atoms with van der Waals surface area (Å²) >= 11 is 1.91. The topological polar surface area (TPSA) is 96.4 Å². The van der Waals surface area contributed by atoms with Gasteiger partial charge in [0.15, 0.2) is 5.13 Å². The summed E-state index contributed by atoms with van der Waals surface area (Å²) in [7, 11) is -3.79. The van der Waals surface area contributed by atoms with Crippen molar-refractivity contribution in [1.82, 2.24) is 4.98 Å². The van der Waals surface area contributed by atoms with Crippen molar-refractivity contribution in [2.75, 3.05) is 4.72 Å². The van der Waals surface area contributed by atoms with Crippen LogP contribution in [0.15, 0.2) is 21.7 Å². The second-order valence-electron chi connectivity index (χ2n) is 4.26. The average molecular weight is 332 g/mol. The normalized spacial score (nSPS) is 11.8. The van der Waals surface area contributed by atoms with Crippen molar-refractivity contribution in [2.45, 2.75) is 24.0 Å². The summed E-state index contributed by atoms with van der Waals surface area (Å²) < 4.78 is 26.5. The molecule has 0 spiro atoms. The van der Waals surface area contributed by atoms with E-state index in [1.165, 1.54) is 23.5 Å². The fourth-order valence-electron chi connectivity index (χ4n) is 1.34. The highest BCUT2D eigenvalue weighted by molar-refractivity contribution is 7.94. The van der Waals surface area contributed by atoms with Gasteiger partial charge in [-0.15, -0.1) is 22.7 Å². The highest BCUT2D eigenvalue weighted by Crippen LogP contribution is 2.27. The molecule has 0 saturated heterocycles. The molecule has 0 aromatic carbocycles. The van der Waals surface area contributed by atoms with Crippen molar-refractivity contribution in [1.29, 1.82) is 0 Å². The van der Waals surface area contributed by atoms with E-state index in [1.807, 2.05) is 13.8 Å². The largest absolute Gasteiger partial charge is 0.477 e. The zero-order chi connectivity index (χ0) is 14.9. The summed E-state index contributed by atoms with van der Waals surface area (Å²) in [6, 6.07) is 2.54. The molecule has 2 N–H and O–H groups in total. The fraction of sp³-hybridized carbons (Fsp3) is 0.273. The molecule has 2 heterocycles. The van der Waals surface area contributed by atoms with Crippen LogP contribution in [0.3, 0.4) is 0 Å². The van der Waals surface area contributed by atoms with Gasteiger partial charge >= 0.3 is 5.97 Å². The molecule has 6 nitrogen and oxygen atoms in total. The number of sulfonamides is 1. The van der Waals surface area contributed by atoms with E-state index >= 15 is 0 Å². The van der Waals surface area contributed by atoms with Crippen LogP contribution >= 0.6 is 22.7 Å². The summed E-state index contributed by atoms with van der Waals surface area (Å²) in [6.07, 6.45) is 0. The number of carboxylic acid groups (broad SMARTS) is 1. The molecule has 20 heavy (non-hydrogen) atoms. The number of nitrogens with zero attached hydrogens (tertiary/aromatic N) is 1. The molecule has 9 heteroatoms. The van der Waals surface area contributed by atoms with Gasteiger partial charge in [-0.1, -0.05) is 13.8 Å². The van der Waals surface area contributed by atoms with Gasteiger partial charge in [0.05, 0.1) is 5.69 Å². The van der Waals surface area contributed by atoms with E-state index in [9.17, 15) is 13.2 Å². The molecule has 2 aromatic rings. The van der Waals surface area contributed by atoms with Gasteiger partial charge in [-0.2, -0.15) is 0 Å². The first-order valence-electron chi connectivity index (χ1n) is 5.61. The molecule has 0 atom stereocenters. The first kappa shape index (κ1) is 14.9. The molecular formula is C11H12N2O4S3. The number of thiophene rings is 1. The minimum absolute atomic E-state index is 0.0209. The summed E-state index contributed by atoms with van der Waals surface area (Å²) in [6.45, 7) is 3.93. The number of carbonyl (C=O) groups is 1. The number of anilines is 1. The molecule has 0 fully saturated rings. The molecule has 0 aliphatic heterocycles. The van der Waals surface area contributed by atoms with E-state index in [0.29, 0.717) is 11.3 Å². The van der Waals surface area contributed by atoms with Crippen LogP contribution in [0.4, 0.5) is 5.13 Å². The zero-order valence-electron chi connectivity index (χ0n) is 10.7. The van der Waals surface area contributed by atoms with Crippen molar-refractivity contribution < 1.29 is 18.3 Å². The highest BCUT2D eigenvalue weighted by atomic mass is 32.2. The number of aromatic nitrogens is 1. The Hall–Kier alpha value is -1.45. The predicted molar refractivity (Wildman–Crippen MR) is 78.3 cm³/mol. The van der Waals surface area contributed by atoms with Crippen LogP contribution in [0.1, 0.15) is 35.1 Å². The van der Waals surface area contributed by atoms with E-state index in [1.54, 1.807) is 5.38 Å².